The minimum absolute atomic E-state index is 0.253. The van der Waals surface area contributed by atoms with Gasteiger partial charge in [0.1, 0.15) is 10.6 Å². The molecule has 0 aliphatic heterocycles. The van der Waals surface area contributed by atoms with E-state index in [9.17, 15) is 18.5 Å². The maximum Gasteiger partial charge on any atom is 0.310 e. The average Bonchev–Trinajstić information content (AvgIpc) is 2.58. The highest BCUT2D eigenvalue weighted by Gasteiger charge is 2.26. The topological polar surface area (TPSA) is 89.3 Å². The summed E-state index contributed by atoms with van der Waals surface area (Å²) < 4.78 is 23.6. The summed E-state index contributed by atoms with van der Waals surface area (Å²) in [5.74, 6) is 0.358. The van der Waals surface area contributed by atoms with Gasteiger partial charge in [0.05, 0.1) is 4.92 Å². The highest BCUT2D eigenvalue weighted by atomic mass is 32.2. The van der Waals surface area contributed by atoms with E-state index >= 15 is 0 Å². The Morgan fingerprint density at radius 1 is 1.16 bits per heavy atom. The third-order valence-corrected chi connectivity index (χ3v) is 5.74. The van der Waals surface area contributed by atoms with Crippen LogP contribution >= 0.6 is 0 Å². The highest BCUT2D eigenvalue weighted by Crippen LogP contribution is 2.33. The van der Waals surface area contributed by atoms with E-state index in [1.165, 1.54) is 23.3 Å². The van der Waals surface area contributed by atoms with E-state index < -0.39 is 14.8 Å². The molecule has 0 heterocycles. The van der Waals surface area contributed by atoms with Crippen LogP contribution in [0.25, 0.3) is 0 Å². The van der Waals surface area contributed by atoms with Crippen molar-refractivity contribution in [2.45, 2.75) is 24.2 Å². The number of benzene rings is 2. The first-order valence-corrected chi connectivity index (χ1v) is 10.0. The van der Waals surface area contributed by atoms with Gasteiger partial charge in [0.15, 0.2) is 9.84 Å². The standard InChI is InChI=1S/C18H20N2O4S/c1-25(23,24)17-8-4-7-16(18(17)20(21)22)19-12-13-9-10-14-5-2-3-6-15(14)11-13/h2-8,13,19H,9-12H2,1H3. The molecule has 7 heteroatoms. The normalized spacial score (nSPS) is 16.9. The zero-order chi connectivity index (χ0) is 18.0. The maximum atomic E-state index is 11.8. The third-order valence-electron chi connectivity index (χ3n) is 4.61. The van der Waals surface area contributed by atoms with E-state index in [0.29, 0.717) is 12.5 Å². The van der Waals surface area contributed by atoms with Crippen molar-refractivity contribution in [3.8, 4) is 0 Å². The van der Waals surface area contributed by atoms with Crippen molar-refractivity contribution >= 4 is 21.2 Å². The number of nitrogens with one attached hydrogen (secondary N) is 1. The third kappa shape index (κ3) is 3.82. The van der Waals surface area contributed by atoms with Gasteiger partial charge in [-0.25, -0.2) is 8.42 Å². The molecular formula is C18H20N2O4S. The lowest BCUT2D eigenvalue weighted by Crippen LogP contribution is -2.22. The van der Waals surface area contributed by atoms with Gasteiger partial charge in [0, 0.05) is 12.8 Å². The number of hydrogen-bond acceptors (Lipinski definition) is 5. The summed E-state index contributed by atoms with van der Waals surface area (Å²) in [5.41, 5.74) is 2.57. The minimum atomic E-state index is -3.67. The lowest BCUT2D eigenvalue weighted by Gasteiger charge is -2.25. The molecule has 1 N–H and O–H groups in total. The molecular weight excluding hydrogens is 340 g/mol. The number of sulfone groups is 1. The second kappa shape index (κ2) is 6.84. The van der Waals surface area contributed by atoms with Gasteiger partial charge in [-0.1, -0.05) is 30.3 Å². The number of nitro benzene ring substituents is 1. The quantitative estimate of drug-likeness (QED) is 0.653. The van der Waals surface area contributed by atoms with Crippen LogP contribution in [0.4, 0.5) is 11.4 Å². The zero-order valence-electron chi connectivity index (χ0n) is 13.9. The fraction of sp³-hybridized carbons (Fsp3) is 0.333. The van der Waals surface area contributed by atoms with E-state index in [-0.39, 0.29) is 16.3 Å². The van der Waals surface area contributed by atoms with E-state index in [2.05, 4.69) is 17.4 Å². The number of hydrogen-bond donors (Lipinski definition) is 1. The Balaban J connectivity index is 1.79. The van der Waals surface area contributed by atoms with Gasteiger partial charge >= 0.3 is 5.69 Å². The van der Waals surface area contributed by atoms with Gasteiger partial charge in [-0.15, -0.1) is 0 Å². The monoisotopic (exact) mass is 360 g/mol. The van der Waals surface area contributed by atoms with Crippen LogP contribution in [0.15, 0.2) is 47.4 Å². The summed E-state index contributed by atoms with van der Waals surface area (Å²) in [6.07, 6.45) is 3.90. The van der Waals surface area contributed by atoms with Crippen LogP contribution < -0.4 is 5.32 Å². The first-order chi connectivity index (χ1) is 11.9. The van der Waals surface area contributed by atoms with Crippen LogP contribution in [0, 0.1) is 16.0 Å². The average molecular weight is 360 g/mol. The SMILES string of the molecule is CS(=O)(=O)c1cccc(NCC2CCc3ccccc3C2)c1[N+](=O)[O-]. The molecule has 132 valence electrons. The smallest absolute Gasteiger partial charge is 0.310 e. The van der Waals surface area contributed by atoms with Crippen LogP contribution in [0.5, 0.6) is 0 Å². The molecule has 2 aromatic rings. The fourth-order valence-electron chi connectivity index (χ4n) is 3.35. The summed E-state index contributed by atoms with van der Waals surface area (Å²) in [7, 11) is -3.67. The number of nitrogens with zero attached hydrogens (tertiary/aromatic N) is 1. The molecule has 1 aliphatic carbocycles. The van der Waals surface area contributed by atoms with Crippen molar-refractivity contribution in [3.63, 3.8) is 0 Å². The molecule has 0 aromatic heterocycles. The Hall–Kier alpha value is -2.41. The number of fused-ring (bicyclic) bond motifs is 1. The Morgan fingerprint density at radius 3 is 2.56 bits per heavy atom. The van der Waals surface area contributed by atoms with E-state index in [1.54, 1.807) is 6.07 Å². The molecule has 2 aromatic carbocycles. The van der Waals surface area contributed by atoms with E-state index in [0.717, 1.165) is 25.5 Å². The van der Waals surface area contributed by atoms with Crippen molar-refractivity contribution in [3.05, 3.63) is 63.7 Å². The Bertz CT molecular complexity index is 909. The molecule has 0 spiro atoms. The Morgan fingerprint density at radius 2 is 1.88 bits per heavy atom. The van der Waals surface area contributed by atoms with Gasteiger partial charge in [-0.3, -0.25) is 10.1 Å². The number of para-hydroxylation sites is 1. The van der Waals surface area contributed by atoms with Gasteiger partial charge in [0.2, 0.25) is 0 Å². The first-order valence-electron chi connectivity index (χ1n) is 8.14. The van der Waals surface area contributed by atoms with Crippen LogP contribution in [-0.4, -0.2) is 26.1 Å². The van der Waals surface area contributed by atoms with Crippen molar-refractivity contribution in [2.75, 3.05) is 18.1 Å². The molecule has 0 bridgehead atoms. The van der Waals surface area contributed by atoms with Crippen molar-refractivity contribution in [1.29, 1.82) is 0 Å². The van der Waals surface area contributed by atoms with Crippen LogP contribution in [0.2, 0.25) is 0 Å². The maximum absolute atomic E-state index is 11.8. The second-order valence-electron chi connectivity index (χ2n) is 6.44. The molecule has 0 radical (unpaired) electrons. The number of anilines is 1. The van der Waals surface area contributed by atoms with Crippen LogP contribution in [-0.2, 0) is 22.7 Å². The molecule has 6 nitrogen and oxygen atoms in total. The second-order valence-corrected chi connectivity index (χ2v) is 8.42. The largest absolute Gasteiger partial charge is 0.379 e. The minimum Gasteiger partial charge on any atom is -0.379 e. The van der Waals surface area contributed by atoms with Gasteiger partial charge in [-0.2, -0.15) is 0 Å². The number of aryl methyl sites for hydroxylation is 1. The fourth-order valence-corrected chi connectivity index (χ4v) is 4.22. The molecule has 25 heavy (non-hydrogen) atoms. The van der Waals surface area contributed by atoms with Gasteiger partial charge in [0.25, 0.3) is 0 Å². The molecule has 1 unspecified atom stereocenters. The molecule has 0 amide bonds. The Kier molecular flexibility index (Phi) is 4.76. The van der Waals surface area contributed by atoms with Crippen molar-refractivity contribution < 1.29 is 13.3 Å². The zero-order valence-corrected chi connectivity index (χ0v) is 14.8. The molecule has 1 aliphatic rings. The predicted octanol–water partition coefficient (Wildman–Crippen LogP) is 3.22. The summed E-state index contributed by atoms with van der Waals surface area (Å²) in [6, 6.07) is 12.7. The van der Waals surface area contributed by atoms with Crippen LogP contribution in [0.3, 0.4) is 0 Å². The summed E-state index contributed by atoms with van der Waals surface area (Å²) in [6.45, 7) is 0.572. The summed E-state index contributed by atoms with van der Waals surface area (Å²) >= 11 is 0. The van der Waals surface area contributed by atoms with Crippen LogP contribution in [0.1, 0.15) is 17.5 Å². The lowest BCUT2D eigenvalue weighted by molar-refractivity contribution is -0.386. The number of rotatable bonds is 5. The molecule has 3 rings (SSSR count). The molecule has 0 saturated heterocycles. The lowest BCUT2D eigenvalue weighted by atomic mass is 9.84. The van der Waals surface area contributed by atoms with Crippen molar-refractivity contribution in [1.82, 2.24) is 0 Å². The Labute approximate surface area is 147 Å². The first kappa shape index (κ1) is 17.4. The van der Waals surface area contributed by atoms with E-state index in [1.807, 2.05) is 12.1 Å². The van der Waals surface area contributed by atoms with Gasteiger partial charge in [-0.05, 0) is 48.4 Å². The summed E-state index contributed by atoms with van der Waals surface area (Å²) in [5, 5.41) is 14.5. The predicted molar refractivity (Wildman–Crippen MR) is 96.7 cm³/mol. The summed E-state index contributed by atoms with van der Waals surface area (Å²) in [4.78, 5) is 10.5. The van der Waals surface area contributed by atoms with Gasteiger partial charge < -0.3 is 5.32 Å². The number of nitro groups is 1. The van der Waals surface area contributed by atoms with Crippen molar-refractivity contribution in [2.24, 2.45) is 5.92 Å². The molecule has 1 atom stereocenters. The van der Waals surface area contributed by atoms with E-state index in [4.69, 9.17) is 0 Å². The molecule has 0 saturated carbocycles. The highest BCUT2D eigenvalue weighted by molar-refractivity contribution is 7.90. The molecule has 0 fully saturated rings.